The van der Waals surface area contributed by atoms with Gasteiger partial charge >= 0.3 is 5.97 Å². The first-order chi connectivity index (χ1) is 23.3. The predicted octanol–water partition coefficient (Wildman–Crippen LogP) is 9.54. The molecule has 1 N–H and O–H groups in total. The average molecular weight is 667 g/mol. The number of Topliss-reactive ketones (excluding diaryl/α,β-unsaturated/α-hetero) is 2. The van der Waals surface area contributed by atoms with Crippen LogP contribution in [0.4, 0.5) is 0 Å². The molecule has 0 bridgehead atoms. The van der Waals surface area contributed by atoms with Gasteiger partial charge in [0.2, 0.25) is 0 Å². The zero-order valence-electron chi connectivity index (χ0n) is 29.8. The molecule has 0 amide bonds. The molecule has 3 rings (SSSR count). The first-order valence-electron chi connectivity index (χ1n) is 18.4. The second-order valence-corrected chi connectivity index (χ2v) is 13.0. The number of unbranched alkanes of at least 4 members (excludes halogenated alkanes) is 11. The minimum Gasteiger partial charge on any atom is -0.507 e. The Morgan fingerprint density at radius 1 is 0.729 bits per heavy atom. The Morgan fingerprint density at radius 2 is 1.31 bits per heavy atom. The lowest BCUT2D eigenvalue weighted by atomic mass is 9.98. The first kappa shape index (κ1) is 38.9. The van der Waals surface area contributed by atoms with Crippen molar-refractivity contribution in [3.05, 3.63) is 46.5 Å². The Bertz CT molecular complexity index is 1320. The molecule has 0 saturated heterocycles. The first-order valence-corrected chi connectivity index (χ1v) is 18.4. The summed E-state index contributed by atoms with van der Waals surface area (Å²) in [6.45, 7) is 8.53. The lowest BCUT2D eigenvalue weighted by molar-refractivity contribution is -0.152. The number of benzene rings is 2. The number of rotatable bonds is 24. The molecular weight excluding hydrogens is 608 g/mol. The summed E-state index contributed by atoms with van der Waals surface area (Å²) in [4.78, 5) is 37.0. The van der Waals surface area contributed by atoms with Gasteiger partial charge in [-0.1, -0.05) is 78.1 Å². The molecule has 48 heavy (non-hydrogen) atoms. The fraction of sp³-hybridized carbons (Fsp3) is 0.625. The molecule has 8 nitrogen and oxygen atoms in total. The van der Waals surface area contributed by atoms with Crippen molar-refractivity contribution in [1.82, 2.24) is 0 Å². The Kier molecular flexibility index (Phi) is 17.4. The lowest BCUT2D eigenvalue weighted by Crippen LogP contribution is -2.33. The maximum Gasteiger partial charge on any atom is 0.347 e. The minimum atomic E-state index is -0.657. The Balaban J connectivity index is 1.40. The monoisotopic (exact) mass is 666 g/mol. The zero-order valence-corrected chi connectivity index (χ0v) is 29.8. The van der Waals surface area contributed by atoms with Crippen LogP contribution in [0.1, 0.15) is 156 Å². The van der Waals surface area contributed by atoms with Crippen LogP contribution < -0.4 is 14.2 Å². The lowest BCUT2D eigenvalue weighted by Gasteiger charge is -2.26. The quantitative estimate of drug-likeness (QED) is 0.0670. The fourth-order valence-electron chi connectivity index (χ4n) is 6.10. The van der Waals surface area contributed by atoms with Gasteiger partial charge in [-0.2, -0.15) is 0 Å². The highest BCUT2D eigenvalue weighted by Gasteiger charge is 2.29. The van der Waals surface area contributed by atoms with Crippen molar-refractivity contribution in [1.29, 1.82) is 0 Å². The summed E-state index contributed by atoms with van der Waals surface area (Å²) in [5.74, 6) is 1.06. The number of phenols is 1. The second kappa shape index (κ2) is 21.4. The SMILES string of the molecule is CCCCCCCCCCCCOC(=O)C1CCc2cc(C(C)=O)c(OCCCCCOc3ccc(C(C)=O)c(O)c3CCC)cc2O1. The van der Waals surface area contributed by atoms with E-state index >= 15 is 0 Å². The number of hydrogen-bond donors (Lipinski definition) is 1. The summed E-state index contributed by atoms with van der Waals surface area (Å²) < 4.78 is 23.6. The third-order valence-corrected chi connectivity index (χ3v) is 8.92. The highest BCUT2D eigenvalue weighted by atomic mass is 16.6. The molecule has 1 heterocycles. The van der Waals surface area contributed by atoms with Crippen molar-refractivity contribution >= 4 is 17.5 Å². The fourth-order valence-corrected chi connectivity index (χ4v) is 6.10. The van der Waals surface area contributed by atoms with Crippen LogP contribution in [0.15, 0.2) is 24.3 Å². The van der Waals surface area contributed by atoms with E-state index in [-0.39, 0.29) is 23.3 Å². The number of fused-ring (bicyclic) bond motifs is 1. The average Bonchev–Trinajstić information content (AvgIpc) is 3.07. The standard InChI is InChI=1S/C40H58O8/c1-5-7-8-9-10-11-12-13-14-16-26-47-40(44)36-22-20-31-27-34(30(4)42)38(28-37(31)48-36)46-25-18-15-17-24-45-35-23-21-32(29(3)41)39(43)33(35)19-6-2/h21,23,27-28,36,43H,5-20,22,24-26H2,1-4H3. The molecule has 0 fully saturated rings. The maximum absolute atomic E-state index is 12.8. The van der Waals surface area contributed by atoms with Crippen molar-refractivity contribution in [2.45, 2.75) is 143 Å². The largest absolute Gasteiger partial charge is 0.507 e. The molecule has 0 aliphatic carbocycles. The highest BCUT2D eigenvalue weighted by Crippen LogP contribution is 2.36. The molecule has 0 radical (unpaired) electrons. The van der Waals surface area contributed by atoms with E-state index in [1.54, 1.807) is 18.2 Å². The third-order valence-electron chi connectivity index (χ3n) is 8.92. The molecule has 1 atom stereocenters. The Hall–Kier alpha value is -3.55. The smallest absolute Gasteiger partial charge is 0.347 e. The molecule has 0 saturated carbocycles. The Morgan fingerprint density at radius 3 is 1.94 bits per heavy atom. The van der Waals surface area contributed by atoms with Crippen molar-refractivity contribution < 1.29 is 38.4 Å². The van der Waals surface area contributed by atoms with Crippen LogP contribution in [-0.2, 0) is 22.4 Å². The molecule has 1 unspecified atom stereocenters. The van der Waals surface area contributed by atoms with Gasteiger partial charge in [-0.15, -0.1) is 0 Å². The van der Waals surface area contributed by atoms with Gasteiger partial charge in [-0.3, -0.25) is 9.59 Å². The molecular formula is C40H58O8. The summed E-state index contributed by atoms with van der Waals surface area (Å²) in [5, 5.41) is 10.6. The normalized spacial score (nSPS) is 13.8. The minimum absolute atomic E-state index is 0.0121. The number of aryl methyl sites for hydroxylation is 1. The summed E-state index contributed by atoms with van der Waals surface area (Å²) in [5.41, 5.74) is 2.40. The van der Waals surface area contributed by atoms with Gasteiger partial charge in [0.25, 0.3) is 0 Å². The molecule has 0 spiro atoms. The van der Waals surface area contributed by atoms with Crippen molar-refractivity contribution in [2.24, 2.45) is 0 Å². The number of carbonyl (C=O) groups is 3. The van der Waals surface area contributed by atoms with Crippen molar-refractivity contribution in [2.75, 3.05) is 19.8 Å². The van der Waals surface area contributed by atoms with E-state index in [4.69, 9.17) is 18.9 Å². The van der Waals surface area contributed by atoms with E-state index in [1.807, 2.05) is 13.0 Å². The number of aromatic hydroxyl groups is 1. The van der Waals surface area contributed by atoms with Crippen LogP contribution in [-0.4, -0.2) is 48.6 Å². The van der Waals surface area contributed by atoms with Gasteiger partial charge in [0.05, 0.1) is 30.9 Å². The molecule has 0 aromatic heterocycles. The van der Waals surface area contributed by atoms with Crippen molar-refractivity contribution in [3.8, 4) is 23.0 Å². The number of hydrogen-bond acceptors (Lipinski definition) is 8. The van der Waals surface area contributed by atoms with Gasteiger partial charge in [0.1, 0.15) is 23.0 Å². The van der Waals surface area contributed by atoms with E-state index in [0.717, 1.165) is 44.1 Å². The Labute approximate surface area is 287 Å². The number of esters is 1. The number of phenolic OH excluding ortho intramolecular Hbond substituents is 1. The van der Waals surface area contributed by atoms with E-state index in [9.17, 15) is 19.5 Å². The summed E-state index contributed by atoms with van der Waals surface area (Å²) in [6, 6.07) is 6.94. The second-order valence-electron chi connectivity index (χ2n) is 13.0. The van der Waals surface area contributed by atoms with Gasteiger partial charge < -0.3 is 24.1 Å². The van der Waals surface area contributed by atoms with Crippen LogP contribution >= 0.6 is 0 Å². The summed E-state index contributed by atoms with van der Waals surface area (Å²) >= 11 is 0. The van der Waals surface area contributed by atoms with Gasteiger partial charge in [-0.25, -0.2) is 4.79 Å². The highest BCUT2D eigenvalue weighted by molar-refractivity contribution is 5.98. The molecule has 1 aliphatic rings. The molecule has 1 aliphatic heterocycles. The zero-order chi connectivity index (χ0) is 34.7. The van der Waals surface area contributed by atoms with E-state index in [0.29, 0.717) is 73.0 Å². The number of carbonyl (C=O) groups excluding carboxylic acids is 3. The van der Waals surface area contributed by atoms with Gasteiger partial charge in [-0.05, 0) is 82.6 Å². The molecule has 2 aromatic carbocycles. The van der Waals surface area contributed by atoms with Crippen LogP contribution in [0.2, 0.25) is 0 Å². The third kappa shape index (κ3) is 12.5. The van der Waals surface area contributed by atoms with Crippen LogP contribution in [0.5, 0.6) is 23.0 Å². The molecule has 266 valence electrons. The van der Waals surface area contributed by atoms with Crippen LogP contribution in [0.3, 0.4) is 0 Å². The summed E-state index contributed by atoms with van der Waals surface area (Å²) in [6.07, 6.45) is 16.6. The maximum atomic E-state index is 12.8. The topological polar surface area (TPSA) is 108 Å². The molecule has 8 heteroatoms. The van der Waals surface area contributed by atoms with Gasteiger partial charge in [0.15, 0.2) is 17.7 Å². The number of ketones is 2. The van der Waals surface area contributed by atoms with Crippen LogP contribution in [0.25, 0.3) is 0 Å². The summed E-state index contributed by atoms with van der Waals surface area (Å²) in [7, 11) is 0. The van der Waals surface area contributed by atoms with Gasteiger partial charge in [0, 0.05) is 11.6 Å². The van der Waals surface area contributed by atoms with E-state index < -0.39 is 6.10 Å². The van der Waals surface area contributed by atoms with Crippen LogP contribution in [0, 0.1) is 0 Å². The predicted molar refractivity (Wildman–Crippen MR) is 189 cm³/mol. The van der Waals surface area contributed by atoms with E-state index in [1.165, 1.54) is 65.2 Å². The number of ether oxygens (including phenoxy) is 4. The van der Waals surface area contributed by atoms with E-state index in [2.05, 4.69) is 6.92 Å². The van der Waals surface area contributed by atoms with Crippen molar-refractivity contribution in [3.63, 3.8) is 0 Å². The molecule has 2 aromatic rings.